The van der Waals surface area contributed by atoms with Gasteiger partial charge in [-0.3, -0.25) is 4.79 Å². The average molecular weight is 395 g/mol. The number of hydrogen-bond acceptors (Lipinski definition) is 4. The lowest BCUT2D eigenvalue weighted by Gasteiger charge is -2.46. The van der Waals surface area contributed by atoms with E-state index in [1.165, 1.54) is 4.90 Å². The summed E-state index contributed by atoms with van der Waals surface area (Å²) >= 11 is 2.22. The lowest BCUT2D eigenvalue weighted by atomic mass is 9.82. The molecule has 2 heterocycles. The Morgan fingerprint density at radius 1 is 1.35 bits per heavy atom. The molecule has 2 saturated heterocycles. The fraction of sp³-hybridized carbons (Fsp3) is 0.857. The van der Waals surface area contributed by atoms with Crippen LogP contribution in [0.25, 0.3) is 0 Å². The summed E-state index contributed by atoms with van der Waals surface area (Å²) in [6.07, 6.45) is -0.685. The number of imide groups is 1. The van der Waals surface area contributed by atoms with Gasteiger partial charge in [-0.15, -0.1) is 0 Å². The van der Waals surface area contributed by atoms with Gasteiger partial charge >= 0.3 is 6.09 Å². The average Bonchev–Trinajstić information content (AvgIpc) is 2.69. The van der Waals surface area contributed by atoms with Crippen molar-refractivity contribution in [3.8, 4) is 0 Å². The molecule has 2 amide bonds. The zero-order valence-corrected chi connectivity index (χ0v) is 14.5. The number of hydrogen-bond donors (Lipinski definition) is 0. The maximum atomic E-state index is 12.8. The molecule has 6 heteroatoms. The summed E-state index contributed by atoms with van der Waals surface area (Å²) in [5.74, 6) is 0.109. The molecule has 0 aromatic heterocycles. The van der Waals surface area contributed by atoms with Crippen LogP contribution in [-0.2, 0) is 14.3 Å². The first kappa shape index (κ1) is 16.0. The van der Waals surface area contributed by atoms with Gasteiger partial charge in [0.1, 0.15) is 6.61 Å². The van der Waals surface area contributed by atoms with E-state index in [2.05, 4.69) is 22.6 Å². The Kier molecular flexibility index (Phi) is 4.94. The molecule has 2 fully saturated rings. The third-order valence-electron chi connectivity index (χ3n) is 4.09. The van der Waals surface area contributed by atoms with Crippen molar-refractivity contribution < 1.29 is 19.1 Å². The summed E-state index contributed by atoms with van der Waals surface area (Å²) in [4.78, 5) is 26.0. The van der Waals surface area contributed by atoms with Crippen LogP contribution in [0, 0.1) is 17.8 Å². The van der Waals surface area contributed by atoms with Gasteiger partial charge in [0.2, 0.25) is 5.91 Å². The quantitative estimate of drug-likeness (QED) is 0.542. The van der Waals surface area contributed by atoms with Crippen LogP contribution in [0.15, 0.2) is 0 Å². The zero-order chi connectivity index (χ0) is 15.0. The standard InChI is InChI=1S/C14H22INO4/c1-7(2)9-6-19-14(18)16(9)13(17)11-10(5-15)20-12(11)8(3)4/h7-12H,5-6H2,1-4H3/t9-,10-,11+,12-/m1/s1. The molecule has 4 atom stereocenters. The highest BCUT2D eigenvalue weighted by Crippen LogP contribution is 2.37. The van der Waals surface area contributed by atoms with E-state index >= 15 is 0 Å². The normalized spacial score (nSPS) is 33.5. The first-order valence-corrected chi connectivity index (χ1v) is 8.62. The molecule has 0 aromatic rings. The van der Waals surface area contributed by atoms with Crippen LogP contribution in [0.1, 0.15) is 27.7 Å². The summed E-state index contributed by atoms with van der Waals surface area (Å²) in [5, 5.41) is 0. The number of alkyl halides is 1. The van der Waals surface area contributed by atoms with E-state index < -0.39 is 6.09 Å². The van der Waals surface area contributed by atoms with Gasteiger partial charge in [-0.05, 0) is 11.8 Å². The van der Waals surface area contributed by atoms with Gasteiger partial charge < -0.3 is 9.47 Å². The Morgan fingerprint density at radius 2 is 2.00 bits per heavy atom. The Balaban J connectivity index is 2.18. The molecule has 0 aliphatic carbocycles. The number of ether oxygens (including phenoxy) is 2. The molecule has 5 nitrogen and oxygen atoms in total. The van der Waals surface area contributed by atoms with Crippen molar-refractivity contribution >= 4 is 34.6 Å². The van der Waals surface area contributed by atoms with Crippen LogP contribution >= 0.6 is 22.6 Å². The predicted molar refractivity (Wildman–Crippen MR) is 82.7 cm³/mol. The van der Waals surface area contributed by atoms with Gasteiger partial charge in [0.25, 0.3) is 0 Å². The number of carbonyl (C=O) groups excluding carboxylic acids is 2. The van der Waals surface area contributed by atoms with Crippen molar-refractivity contribution in [3.05, 3.63) is 0 Å². The predicted octanol–water partition coefficient (Wildman–Crippen LogP) is 2.46. The molecule has 0 N–H and O–H groups in total. The fourth-order valence-corrected chi connectivity index (χ4v) is 3.59. The first-order chi connectivity index (χ1) is 9.38. The number of cyclic esters (lactones) is 1. The van der Waals surface area contributed by atoms with E-state index in [-0.39, 0.29) is 41.9 Å². The lowest BCUT2D eigenvalue weighted by Crippen LogP contribution is -2.61. The van der Waals surface area contributed by atoms with Gasteiger partial charge in [0.05, 0.1) is 24.2 Å². The topological polar surface area (TPSA) is 55.8 Å². The molecule has 0 aromatic carbocycles. The second-order valence-electron chi connectivity index (χ2n) is 6.16. The molecule has 2 aliphatic rings. The summed E-state index contributed by atoms with van der Waals surface area (Å²) in [5.41, 5.74) is 0. The van der Waals surface area contributed by atoms with E-state index in [0.29, 0.717) is 6.61 Å². The molecule has 0 saturated carbocycles. The van der Waals surface area contributed by atoms with E-state index in [1.54, 1.807) is 0 Å². The van der Waals surface area contributed by atoms with Crippen molar-refractivity contribution in [2.24, 2.45) is 17.8 Å². The van der Waals surface area contributed by atoms with E-state index in [9.17, 15) is 9.59 Å². The summed E-state index contributed by atoms with van der Waals surface area (Å²) in [6, 6.07) is -0.154. The Bertz CT molecular complexity index is 399. The molecule has 0 bridgehead atoms. The molecular weight excluding hydrogens is 373 g/mol. The van der Waals surface area contributed by atoms with Crippen molar-refractivity contribution in [1.82, 2.24) is 4.90 Å². The highest BCUT2D eigenvalue weighted by molar-refractivity contribution is 14.1. The van der Waals surface area contributed by atoms with Gasteiger partial charge in [0.15, 0.2) is 0 Å². The molecule has 0 radical (unpaired) electrons. The fourth-order valence-electron chi connectivity index (χ4n) is 2.84. The highest BCUT2D eigenvalue weighted by atomic mass is 127. The SMILES string of the molecule is CC(C)[C@H]1O[C@H](CI)[C@@H]1C(=O)N1C(=O)OC[C@@H]1C(C)C. The van der Waals surface area contributed by atoms with Crippen LogP contribution in [0.2, 0.25) is 0 Å². The molecule has 0 unspecified atom stereocenters. The summed E-state index contributed by atoms with van der Waals surface area (Å²) in [7, 11) is 0. The summed E-state index contributed by atoms with van der Waals surface area (Å²) in [6.45, 7) is 8.38. The molecule has 2 aliphatic heterocycles. The van der Waals surface area contributed by atoms with E-state index in [1.807, 2.05) is 27.7 Å². The minimum Gasteiger partial charge on any atom is -0.447 e. The molecule has 0 spiro atoms. The second kappa shape index (κ2) is 6.17. The highest BCUT2D eigenvalue weighted by Gasteiger charge is 2.53. The van der Waals surface area contributed by atoms with Crippen LogP contribution < -0.4 is 0 Å². The third-order valence-corrected chi connectivity index (χ3v) is 4.96. The maximum absolute atomic E-state index is 12.8. The lowest BCUT2D eigenvalue weighted by molar-refractivity contribution is -0.201. The van der Waals surface area contributed by atoms with Crippen molar-refractivity contribution in [3.63, 3.8) is 0 Å². The van der Waals surface area contributed by atoms with E-state index in [4.69, 9.17) is 9.47 Å². The molecular formula is C14H22INO4. The minimum absolute atomic E-state index is 0.0864. The molecule has 114 valence electrons. The monoisotopic (exact) mass is 395 g/mol. The van der Waals surface area contributed by atoms with Gasteiger partial charge in [-0.2, -0.15) is 0 Å². The van der Waals surface area contributed by atoms with Gasteiger partial charge in [0, 0.05) is 4.43 Å². The molecule has 2 rings (SSSR count). The van der Waals surface area contributed by atoms with Crippen LogP contribution in [0.4, 0.5) is 4.79 Å². The number of rotatable bonds is 4. The van der Waals surface area contributed by atoms with Crippen molar-refractivity contribution in [2.75, 3.05) is 11.0 Å². The van der Waals surface area contributed by atoms with Crippen LogP contribution in [0.3, 0.4) is 0 Å². The Labute approximate surface area is 133 Å². The zero-order valence-electron chi connectivity index (χ0n) is 12.3. The third kappa shape index (κ3) is 2.68. The van der Waals surface area contributed by atoms with Crippen molar-refractivity contribution in [1.29, 1.82) is 0 Å². The summed E-state index contributed by atoms with van der Waals surface area (Å²) < 4.78 is 11.6. The number of nitrogens with zero attached hydrogens (tertiary/aromatic N) is 1. The Morgan fingerprint density at radius 3 is 2.50 bits per heavy atom. The van der Waals surface area contributed by atoms with Gasteiger partial charge in [-0.1, -0.05) is 50.3 Å². The smallest absolute Gasteiger partial charge is 0.416 e. The molecule has 20 heavy (non-hydrogen) atoms. The Hall–Kier alpha value is -0.370. The minimum atomic E-state index is -0.504. The van der Waals surface area contributed by atoms with E-state index in [0.717, 1.165) is 4.43 Å². The number of halogens is 1. The number of carbonyl (C=O) groups is 2. The van der Waals surface area contributed by atoms with Gasteiger partial charge in [-0.25, -0.2) is 9.69 Å². The first-order valence-electron chi connectivity index (χ1n) is 7.09. The maximum Gasteiger partial charge on any atom is 0.416 e. The van der Waals surface area contributed by atoms with Crippen LogP contribution in [-0.4, -0.2) is 46.2 Å². The second-order valence-corrected chi connectivity index (χ2v) is 7.04. The largest absolute Gasteiger partial charge is 0.447 e. The van der Waals surface area contributed by atoms with Crippen molar-refractivity contribution in [2.45, 2.75) is 45.9 Å². The number of amides is 2. The van der Waals surface area contributed by atoms with Crippen LogP contribution in [0.5, 0.6) is 0 Å².